The number of hydrogen-bond acceptors (Lipinski definition) is 3. The summed E-state index contributed by atoms with van der Waals surface area (Å²) in [7, 11) is 1.35. The molecule has 0 aliphatic heterocycles. The number of nitrogens with one attached hydrogen (secondary N) is 1. The Labute approximate surface area is 127 Å². The van der Waals surface area contributed by atoms with Gasteiger partial charge in [0.25, 0.3) is 0 Å². The summed E-state index contributed by atoms with van der Waals surface area (Å²) in [6, 6.07) is 13.6. The van der Waals surface area contributed by atoms with Gasteiger partial charge in [0, 0.05) is 15.7 Å². The van der Waals surface area contributed by atoms with Crippen molar-refractivity contribution in [3.8, 4) is 0 Å². The van der Waals surface area contributed by atoms with Crippen LogP contribution in [-0.4, -0.2) is 13.1 Å². The van der Waals surface area contributed by atoms with Crippen LogP contribution in [0.3, 0.4) is 0 Å². The molecule has 2 aromatic rings. The highest BCUT2D eigenvalue weighted by atomic mass is 35.5. The molecule has 0 radical (unpaired) electrons. The van der Waals surface area contributed by atoms with Crippen LogP contribution in [0.1, 0.15) is 11.6 Å². The zero-order chi connectivity index (χ0) is 14.5. The van der Waals surface area contributed by atoms with Gasteiger partial charge in [-0.2, -0.15) is 0 Å². The molecule has 0 fully saturated rings. The van der Waals surface area contributed by atoms with Crippen molar-refractivity contribution in [1.29, 1.82) is 0 Å². The van der Waals surface area contributed by atoms with Gasteiger partial charge in [-0.25, -0.2) is 4.79 Å². The third-order valence-corrected chi connectivity index (χ3v) is 3.22. The van der Waals surface area contributed by atoms with Crippen LogP contribution in [0.15, 0.2) is 48.5 Å². The first-order valence-electron chi connectivity index (χ1n) is 5.95. The Morgan fingerprint density at radius 3 is 2.35 bits per heavy atom. The number of carbonyl (C=O) groups is 1. The normalized spacial score (nSPS) is 11.8. The lowest BCUT2D eigenvalue weighted by Gasteiger charge is -2.18. The molecule has 0 aliphatic carbocycles. The highest BCUT2D eigenvalue weighted by molar-refractivity contribution is 6.31. The number of benzene rings is 2. The van der Waals surface area contributed by atoms with Crippen LogP contribution in [0.5, 0.6) is 0 Å². The lowest BCUT2D eigenvalue weighted by Crippen LogP contribution is -2.22. The molecule has 2 aromatic carbocycles. The molecule has 104 valence electrons. The molecule has 0 saturated heterocycles. The molecule has 1 N–H and O–H groups in total. The summed E-state index contributed by atoms with van der Waals surface area (Å²) in [5, 5.41) is 4.24. The van der Waals surface area contributed by atoms with E-state index in [0.29, 0.717) is 10.0 Å². The van der Waals surface area contributed by atoms with Gasteiger partial charge < -0.3 is 10.1 Å². The van der Waals surface area contributed by atoms with Gasteiger partial charge in [0.15, 0.2) is 6.04 Å². The van der Waals surface area contributed by atoms with E-state index in [-0.39, 0.29) is 0 Å². The Kier molecular flexibility index (Phi) is 4.88. The third kappa shape index (κ3) is 3.65. The minimum atomic E-state index is -0.642. The summed E-state index contributed by atoms with van der Waals surface area (Å²) < 4.78 is 4.83. The second kappa shape index (κ2) is 6.64. The number of esters is 1. The highest BCUT2D eigenvalue weighted by Gasteiger charge is 2.21. The molecule has 0 aromatic heterocycles. The summed E-state index contributed by atoms with van der Waals surface area (Å²) in [5.74, 6) is -0.396. The van der Waals surface area contributed by atoms with Crippen molar-refractivity contribution in [1.82, 2.24) is 0 Å². The molecule has 0 amide bonds. The molecular formula is C15H13Cl2NO2. The Morgan fingerprint density at radius 1 is 1.10 bits per heavy atom. The molecule has 5 heteroatoms. The number of ether oxygens (including phenoxy) is 1. The fraction of sp³-hybridized carbons (Fsp3) is 0.133. The number of halogens is 2. The number of methoxy groups -OCH3 is 1. The minimum absolute atomic E-state index is 0.396. The topological polar surface area (TPSA) is 38.3 Å². The highest BCUT2D eigenvalue weighted by Crippen LogP contribution is 2.24. The van der Waals surface area contributed by atoms with Gasteiger partial charge in [-0.15, -0.1) is 0 Å². The van der Waals surface area contributed by atoms with E-state index in [4.69, 9.17) is 27.9 Å². The Morgan fingerprint density at radius 2 is 1.75 bits per heavy atom. The van der Waals surface area contributed by atoms with E-state index in [2.05, 4.69) is 5.32 Å². The first kappa shape index (κ1) is 14.7. The molecule has 0 saturated carbocycles. The number of anilines is 1. The Balaban J connectivity index is 2.31. The van der Waals surface area contributed by atoms with E-state index in [1.165, 1.54) is 7.11 Å². The molecule has 0 spiro atoms. The predicted octanol–water partition coefficient (Wildman–Crippen LogP) is 4.32. The van der Waals surface area contributed by atoms with E-state index in [1.807, 2.05) is 12.1 Å². The van der Waals surface area contributed by atoms with Gasteiger partial charge in [-0.05, 0) is 35.9 Å². The summed E-state index contributed by atoms with van der Waals surface area (Å²) in [6.45, 7) is 0. The fourth-order valence-electron chi connectivity index (χ4n) is 1.83. The minimum Gasteiger partial charge on any atom is -0.467 e. The smallest absolute Gasteiger partial charge is 0.332 e. The second-order valence-corrected chi connectivity index (χ2v) is 5.04. The van der Waals surface area contributed by atoms with E-state index in [1.54, 1.807) is 36.4 Å². The van der Waals surface area contributed by atoms with Gasteiger partial charge >= 0.3 is 5.97 Å². The average molecular weight is 310 g/mol. The van der Waals surface area contributed by atoms with Gasteiger partial charge in [0.2, 0.25) is 0 Å². The Bertz CT molecular complexity index is 616. The van der Waals surface area contributed by atoms with Crippen LogP contribution in [0.2, 0.25) is 10.0 Å². The van der Waals surface area contributed by atoms with Gasteiger partial charge in [0.1, 0.15) is 0 Å². The molecule has 1 unspecified atom stereocenters. The van der Waals surface area contributed by atoms with Gasteiger partial charge in [-0.3, -0.25) is 0 Å². The van der Waals surface area contributed by atoms with Crippen LogP contribution in [0.4, 0.5) is 5.69 Å². The largest absolute Gasteiger partial charge is 0.467 e. The maximum absolute atomic E-state index is 12.0. The molecule has 1 atom stereocenters. The van der Waals surface area contributed by atoms with Crippen molar-refractivity contribution in [2.24, 2.45) is 0 Å². The summed E-state index contributed by atoms with van der Waals surface area (Å²) >= 11 is 11.9. The predicted molar refractivity (Wildman–Crippen MR) is 81.3 cm³/mol. The SMILES string of the molecule is COC(=O)C(Nc1cccc(Cl)c1)c1cccc(Cl)c1. The van der Waals surface area contributed by atoms with E-state index in [9.17, 15) is 4.79 Å². The van der Waals surface area contributed by atoms with Gasteiger partial charge in [0.05, 0.1) is 7.11 Å². The lowest BCUT2D eigenvalue weighted by atomic mass is 10.1. The summed E-state index contributed by atoms with van der Waals surface area (Å²) in [4.78, 5) is 12.0. The van der Waals surface area contributed by atoms with Crippen LogP contribution >= 0.6 is 23.2 Å². The lowest BCUT2D eigenvalue weighted by molar-refractivity contribution is -0.141. The summed E-state index contributed by atoms with van der Waals surface area (Å²) in [5.41, 5.74) is 1.46. The monoisotopic (exact) mass is 309 g/mol. The third-order valence-electron chi connectivity index (χ3n) is 2.75. The number of rotatable bonds is 4. The first-order chi connectivity index (χ1) is 9.60. The van der Waals surface area contributed by atoms with Crippen molar-refractivity contribution >= 4 is 34.9 Å². The maximum atomic E-state index is 12.0. The molecule has 2 rings (SSSR count). The Hall–Kier alpha value is -1.71. The quantitative estimate of drug-likeness (QED) is 0.855. The second-order valence-electron chi connectivity index (χ2n) is 4.17. The molecule has 20 heavy (non-hydrogen) atoms. The van der Waals surface area contributed by atoms with Crippen LogP contribution in [0.25, 0.3) is 0 Å². The zero-order valence-electron chi connectivity index (χ0n) is 10.8. The molecule has 0 bridgehead atoms. The standard InChI is InChI=1S/C15H13Cl2NO2/c1-20-15(19)14(10-4-2-5-11(16)8-10)18-13-7-3-6-12(17)9-13/h2-9,14,18H,1H3. The van der Waals surface area contributed by atoms with E-state index in [0.717, 1.165) is 11.3 Å². The van der Waals surface area contributed by atoms with Crippen molar-refractivity contribution in [3.63, 3.8) is 0 Å². The fourth-order valence-corrected chi connectivity index (χ4v) is 2.22. The van der Waals surface area contributed by atoms with Crippen molar-refractivity contribution in [2.75, 3.05) is 12.4 Å². The molecular weight excluding hydrogens is 297 g/mol. The van der Waals surface area contributed by atoms with Crippen molar-refractivity contribution in [2.45, 2.75) is 6.04 Å². The van der Waals surface area contributed by atoms with Crippen LogP contribution in [0, 0.1) is 0 Å². The molecule has 3 nitrogen and oxygen atoms in total. The van der Waals surface area contributed by atoms with Crippen molar-refractivity contribution in [3.05, 3.63) is 64.1 Å². The first-order valence-corrected chi connectivity index (χ1v) is 6.71. The zero-order valence-corrected chi connectivity index (χ0v) is 12.3. The van der Waals surface area contributed by atoms with E-state index < -0.39 is 12.0 Å². The van der Waals surface area contributed by atoms with Crippen LogP contribution < -0.4 is 5.32 Å². The number of hydrogen-bond donors (Lipinski definition) is 1. The molecule has 0 aliphatic rings. The number of carbonyl (C=O) groups excluding carboxylic acids is 1. The van der Waals surface area contributed by atoms with Crippen LogP contribution in [-0.2, 0) is 9.53 Å². The average Bonchev–Trinajstić information content (AvgIpc) is 2.44. The van der Waals surface area contributed by atoms with E-state index >= 15 is 0 Å². The molecule has 0 heterocycles. The maximum Gasteiger partial charge on any atom is 0.332 e. The van der Waals surface area contributed by atoms with Gasteiger partial charge in [-0.1, -0.05) is 41.4 Å². The van der Waals surface area contributed by atoms with Crippen molar-refractivity contribution < 1.29 is 9.53 Å². The summed E-state index contributed by atoms with van der Waals surface area (Å²) in [6.07, 6.45) is 0.